The van der Waals surface area contributed by atoms with Crippen molar-refractivity contribution in [1.29, 1.82) is 0 Å². The molecular formula is C22H26ClN3O2. The summed E-state index contributed by atoms with van der Waals surface area (Å²) in [4.78, 5) is 17.4. The fourth-order valence-corrected chi connectivity index (χ4v) is 4.46. The second-order valence-corrected chi connectivity index (χ2v) is 8.49. The molecule has 1 atom stereocenters. The van der Waals surface area contributed by atoms with Gasteiger partial charge >= 0.3 is 0 Å². The van der Waals surface area contributed by atoms with Crippen molar-refractivity contribution in [3.63, 3.8) is 0 Å². The van der Waals surface area contributed by atoms with Crippen LogP contribution in [0.5, 0.6) is 0 Å². The molecule has 0 saturated heterocycles. The molecule has 5 nitrogen and oxygen atoms in total. The highest BCUT2D eigenvalue weighted by molar-refractivity contribution is 6.33. The molecule has 0 spiro atoms. The first-order valence-corrected chi connectivity index (χ1v) is 9.92. The minimum Gasteiger partial charge on any atom is -0.366 e. The Bertz CT molecular complexity index is 953. The molecule has 0 aromatic heterocycles. The van der Waals surface area contributed by atoms with Crippen molar-refractivity contribution >= 4 is 34.9 Å². The zero-order valence-electron chi connectivity index (χ0n) is 17.0. The molecule has 0 aliphatic carbocycles. The fourth-order valence-electron chi connectivity index (χ4n) is 4.26. The summed E-state index contributed by atoms with van der Waals surface area (Å²) in [5, 5.41) is 11.6. The Hall–Kier alpha value is -2.40. The van der Waals surface area contributed by atoms with Crippen LogP contribution in [0, 0.1) is 17.0 Å². The average molecular weight is 400 g/mol. The number of fused-ring (bicyclic) bond motifs is 1. The highest BCUT2D eigenvalue weighted by Crippen LogP contribution is 2.44. The van der Waals surface area contributed by atoms with Crippen molar-refractivity contribution in [2.45, 2.75) is 52.5 Å². The molecule has 0 N–H and O–H groups in total. The Kier molecular flexibility index (Phi) is 5.48. The molecule has 2 aromatic carbocycles. The standard InChI is InChI=1S/C22H26ClN3O2/c1-6-25-21-11-19(23)16(10-18(21)15(3)12-22(25,4)5)13-24-20-8-7-17(26(27)28)9-14(20)2/h7-11,13,15H,6,12H2,1-5H3. The first kappa shape index (κ1) is 20.3. The fraction of sp³-hybridized carbons (Fsp3) is 0.409. The molecule has 1 aliphatic rings. The maximum Gasteiger partial charge on any atom is 0.269 e. The van der Waals surface area contributed by atoms with Crippen molar-refractivity contribution in [1.82, 2.24) is 0 Å². The molecule has 0 radical (unpaired) electrons. The van der Waals surface area contributed by atoms with Gasteiger partial charge in [0, 0.05) is 41.7 Å². The molecule has 2 aromatic rings. The van der Waals surface area contributed by atoms with E-state index in [1.54, 1.807) is 12.3 Å². The van der Waals surface area contributed by atoms with Crippen LogP contribution in [0.2, 0.25) is 5.02 Å². The van der Waals surface area contributed by atoms with Crippen LogP contribution in [0.1, 0.15) is 56.7 Å². The number of benzene rings is 2. The van der Waals surface area contributed by atoms with Crippen LogP contribution in [0.3, 0.4) is 0 Å². The molecule has 0 saturated carbocycles. The van der Waals surface area contributed by atoms with Gasteiger partial charge in [-0.15, -0.1) is 0 Å². The lowest BCUT2D eigenvalue weighted by Gasteiger charge is -2.47. The van der Waals surface area contributed by atoms with Crippen molar-refractivity contribution in [3.05, 3.63) is 62.2 Å². The lowest BCUT2D eigenvalue weighted by atomic mass is 9.79. The van der Waals surface area contributed by atoms with E-state index in [2.05, 4.69) is 43.7 Å². The van der Waals surface area contributed by atoms with Gasteiger partial charge < -0.3 is 4.90 Å². The number of nitrogens with zero attached hydrogens (tertiary/aromatic N) is 3. The van der Waals surface area contributed by atoms with E-state index in [4.69, 9.17) is 11.6 Å². The van der Waals surface area contributed by atoms with E-state index in [0.717, 1.165) is 24.1 Å². The number of nitro benzene ring substituents is 1. The van der Waals surface area contributed by atoms with Crippen LogP contribution in [0.4, 0.5) is 17.1 Å². The maximum absolute atomic E-state index is 10.9. The van der Waals surface area contributed by atoms with Gasteiger partial charge in [-0.3, -0.25) is 15.1 Å². The van der Waals surface area contributed by atoms with Crippen LogP contribution in [0.15, 0.2) is 35.3 Å². The number of non-ortho nitro benzene ring substituents is 1. The summed E-state index contributed by atoms with van der Waals surface area (Å²) < 4.78 is 0. The Labute approximate surface area is 171 Å². The van der Waals surface area contributed by atoms with Gasteiger partial charge in [0.1, 0.15) is 0 Å². The molecule has 1 heterocycles. The lowest BCUT2D eigenvalue weighted by Crippen LogP contribution is -2.48. The van der Waals surface area contributed by atoms with Crippen molar-refractivity contribution in [3.8, 4) is 0 Å². The first-order valence-electron chi connectivity index (χ1n) is 9.54. The van der Waals surface area contributed by atoms with Crippen LogP contribution in [0.25, 0.3) is 0 Å². The summed E-state index contributed by atoms with van der Waals surface area (Å²) in [6.45, 7) is 11.7. The number of anilines is 1. The number of hydrogen-bond acceptors (Lipinski definition) is 4. The molecule has 148 valence electrons. The minimum atomic E-state index is -0.400. The molecule has 1 aliphatic heterocycles. The van der Waals surface area contributed by atoms with Gasteiger partial charge in [0.15, 0.2) is 0 Å². The van der Waals surface area contributed by atoms with E-state index < -0.39 is 4.92 Å². The third-order valence-electron chi connectivity index (χ3n) is 5.55. The normalized spacial score (nSPS) is 18.4. The molecule has 0 fully saturated rings. The third kappa shape index (κ3) is 3.76. The molecule has 0 amide bonds. The Morgan fingerprint density at radius 2 is 2.07 bits per heavy atom. The van der Waals surface area contributed by atoms with Gasteiger partial charge in [0.25, 0.3) is 5.69 Å². The summed E-state index contributed by atoms with van der Waals surface area (Å²) in [6, 6.07) is 8.84. The molecule has 1 unspecified atom stereocenters. The van der Waals surface area contributed by atoms with E-state index in [-0.39, 0.29) is 11.2 Å². The highest BCUT2D eigenvalue weighted by atomic mass is 35.5. The van der Waals surface area contributed by atoms with Gasteiger partial charge in [-0.1, -0.05) is 18.5 Å². The van der Waals surface area contributed by atoms with Crippen LogP contribution < -0.4 is 4.90 Å². The highest BCUT2D eigenvalue weighted by Gasteiger charge is 2.35. The van der Waals surface area contributed by atoms with E-state index >= 15 is 0 Å². The van der Waals surface area contributed by atoms with Crippen molar-refractivity contribution < 1.29 is 4.92 Å². The van der Waals surface area contributed by atoms with Crippen LogP contribution in [-0.4, -0.2) is 23.2 Å². The number of aryl methyl sites for hydroxylation is 1. The Balaban J connectivity index is 1.98. The Morgan fingerprint density at radius 1 is 1.36 bits per heavy atom. The quantitative estimate of drug-likeness (QED) is 0.338. The molecule has 0 bridgehead atoms. The number of nitro groups is 1. The zero-order valence-corrected chi connectivity index (χ0v) is 17.7. The SMILES string of the molecule is CCN1c2cc(Cl)c(C=Nc3ccc([N+](=O)[O-])cc3C)cc2C(C)CC1(C)C. The van der Waals surface area contributed by atoms with Gasteiger partial charge in [0.05, 0.1) is 15.6 Å². The second kappa shape index (κ2) is 7.55. The molecule has 6 heteroatoms. The van der Waals surface area contributed by atoms with E-state index in [1.807, 2.05) is 13.0 Å². The largest absolute Gasteiger partial charge is 0.366 e. The monoisotopic (exact) mass is 399 g/mol. The predicted molar refractivity (Wildman–Crippen MR) is 117 cm³/mol. The maximum atomic E-state index is 10.9. The van der Waals surface area contributed by atoms with Crippen LogP contribution >= 0.6 is 11.6 Å². The van der Waals surface area contributed by atoms with Crippen LogP contribution in [-0.2, 0) is 0 Å². The van der Waals surface area contributed by atoms with Gasteiger partial charge in [-0.25, -0.2) is 0 Å². The predicted octanol–water partition coefficient (Wildman–Crippen LogP) is 6.42. The third-order valence-corrected chi connectivity index (χ3v) is 5.88. The van der Waals surface area contributed by atoms with Gasteiger partial charge in [0.2, 0.25) is 0 Å². The molecular weight excluding hydrogens is 374 g/mol. The van der Waals surface area contributed by atoms with E-state index in [0.29, 0.717) is 16.6 Å². The summed E-state index contributed by atoms with van der Waals surface area (Å²) in [7, 11) is 0. The molecule has 28 heavy (non-hydrogen) atoms. The van der Waals surface area contributed by atoms with Gasteiger partial charge in [-0.2, -0.15) is 0 Å². The molecule has 3 rings (SSSR count). The van der Waals surface area contributed by atoms with E-state index in [1.165, 1.54) is 23.4 Å². The zero-order chi connectivity index (χ0) is 20.6. The number of aliphatic imine (C=N–C) groups is 1. The number of hydrogen-bond donors (Lipinski definition) is 0. The summed E-state index contributed by atoms with van der Waals surface area (Å²) >= 11 is 6.59. The van der Waals surface area contributed by atoms with Crippen molar-refractivity contribution in [2.24, 2.45) is 4.99 Å². The average Bonchev–Trinajstić information content (AvgIpc) is 2.60. The lowest BCUT2D eigenvalue weighted by molar-refractivity contribution is -0.384. The Morgan fingerprint density at radius 3 is 2.68 bits per heavy atom. The van der Waals surface area contributed by atoms with Gasteiger partial charge in [-0.05, 0) is 69.4 Å². The van der Waals surface area contributed by atoms with Crippen molar-refractivity contribution in [2.75, 3.05) is 11.4 Å². The number of halogens is 1. The minimum absolute atomic E-state index is 0.0689. The smallest absolute Gasteiger partial charge is 0.269 e. The number of rotatable bonds is 4. The second-order valence-electron chi connectivity index (χ2n) is 8.08. The summed E-state index contributed by atoms with van der Waals surface area (Å²) in [5.41, 5.74) is 4.96. The topological polar surface area (TPSA) is 58.7 Å². The summed E-state index contributed by atoms with van der Waals surface area (Å²) in [5.74, 6) is 0.429. The van der Waals surface area contributed by atoms with E-state index in [9.17, 15) is 10.1 Å². The summed E-state index contributed by atoms with van der Waals surface area (Å²) in [6.07, 6.45) is 2.83. The first-order chi connectivity index (χ1) is 13.1.